The first-order valence-electron chi connectivity index (χ1n) is 5.01. The molecule has 2 rings (SSSR count). The molecule has 1 aromatic carbocycles. The molecule has 2 aromatic rings. The molecule has 0 aliphatic rings. The number of nitrogens with zero attached hydrogens (tertiary/aromatic N) is 1. The summed E-state index contributed by atoms with van der Waals surface area (Å²) in [6.45, 7) is 1.84. The van der Waals surface area contributed by atoms with E-state index in [0.29, 0.717) is 5.75 Å². The average molecular weight is 298 g/mol. The zero-order valence-corrected chi connectivity index (χ0v) is 11.4. The third-order valence-electron chi connectivity index (χ3n) is 2.45. The Balaban J connectivity index is 2.55. The summed E-state index contributed by atoms with van der Waals surface area (Å²) in [6, 6.07) is 5.56. The van der Waals surface area contributed by atoms with Crippen LogP contribution in [0.25, 0.3) is 11.3 Å². The van der Waals surface area contributed by atoms with Gasteiger partial charge in [-0.15, -0.1) is 0 Å². The maximum Gasteiger partial charge on any atom is 0.148 e. The van der Waals surface area contributed by atoms with Crippen LogP contribution in [0.15, 0.2) is 27.2 Å². The third kappa shape index (κ3) is 2.15. The molecule has 0 amide bonds. The lowest BCUT2D eigenvalue weighted by atomic mass is 10.1. The van der Waals surface area contributed by atoms with Crippen molar-refractivity contribution >= 4 is 15.9 Å². The van der Waals surface area contributed by atoms with Crippen LogP contribution in [0.3, 0.4) is 0 Å². The standard InChI is InChI=1S/C12H12BrNO3/c1-7-11(13)12(14-17-7)9-5-4-8(15-2)6-10(9)16-3/h4-6H,1-3H3. The molecule has 90 valence electrons. The number of aromatic nitrogens is 1. The largest absolute Gasteiger partial charge is 0.497 e. The first-order chi connectivity index (χ1) is 8.17. The molecule has 0 bridgehead atoms. The molecule has 0 spiro atoms. The van der Waals surface area contributed by atoms with E-state index in [-0.39, 0.29) is 0 Å². The van der Waals surface area contributed by atoms with Gasteiger partial charge in [-0.25, -0.2) is 0 Å². The Kier molecular flexibility index (Phi) is 3.38. The van der Waals surface area contributed by atoms with E-state index in [1.807, 2.05) is 25.1 Å². The molecule has 0 saturated heterocycles. The summed E-state index contributed by atoms with van der Waals surface area (Å²) in [5.74, 6) is 2.16. The minimum absolute atomic E-state index is 0.693. The third-order valence-corrected chi connectivity index (χ3v) is 3.39. The van der Waals surface area contributed by atoms with Gasteiger partial charge in [0.05, 0.1) is 18.7 Å². The van der Waals surface area contributed by atoms with E-state index < -0.39 is 0 Å². The van der Waals surface area contributed by atoms with Gasteiger partial charge in [-0.2, -0.15) is 0 Å². The van der Waals surface area contributed by atoms with Crippen LogP contribution < -0.4 is 9.47 Å². The summed E-state index contributed by atoms with van der Waals surface area (Å²) >= 11 is 3.44. The first-order valence-corrected chi connectivity index (χ1v) is 5.81. The van der Waals surface area contributed by atoms with E-state index in [1.165, 1.54) is 0 Å². The van der Waals surface area contributed by atoms with Gasteiger partial charge in [-0.3, -0.25) is 0 Å². The second kappa shape index (κ2) is 4.79. The zero-order chi connectivity index (χ0) is 12.4. The van der Waals surface area contributed by atoms with E-state index in [4.69, 9.17) is 14.0 Å². The number of hydrogen-bond acceptors (Lipinski definition) is 4. The van der Waals surface area contributed by atoms with Crippen molar-refractivity contribution in [1.29, 1.82) is 0 Å². The molecular formula is C12H12BrNO3. The fourth-order valence-electron chi connectivity index (χ4n) is 1.52. The highest BCUT2D eigenvalue weighted by molar-refractivity contribution is 9.10. The van der Waals surface area contributed by atoms with Crippen LogP contribution in [-0.4, -0.2) is 19.4 Å². The van der Waals surface area contributed by atoms with Gasteiger partial charge < -0.3 is 14.0 Å². The van der Waals surface area contributed by atoms with Gasteiger partial charge in [0.15, 0.2) is 0 Å². The minimum Gasteiger partial charge on any atom is -0.497 e. The van der Waals surface area contributed by atoms with Crippen LogP contribution in [0.4, 0.5) is 0 Å². The molecule has 0 unspecified atom stereocenters. The average Bonchev–Trinajstić information content (AvgIpc) is 2.69. The van der Waals surface area contributed by atoms with E-state index >= 15 is 0 Å². The van der Waals surface area contributed by atoms with Crippen molar-refractivity contribution in [2.45, 2.75) is 6.92 Å². The molecule has 0 atom stereocenters. The SMILES string of the molecule is COc1ccc(-c2noc(C)c2Br)c(OC)c1. The number of halogens is 1. The number of hydrogen-bond donors (Lipinski definition) is 0. The Morgan fingerprint density at radius 1 is 1.24 bits per heavy atom. The Morgan fingerprint density at radius 2 is 2.00 bits per heavy atom. The molecule has 0 N–H and O–H groups in total. The lowest BCUT2D eigenvalue weighted by Crippen LogP contribution is -1.90. The molecular weight excluding hydrogens is 286 g/mol. The van der Waals surface area contributed by atoms with Crippen molar-refractivity contribution in [3.8, 4) is 22.8 Å². The van der Waals surface area contributed by atoms with Crippen LogP contribution in [0.5, 0.6) is 11.5 Å². The fourth-order valence-corrected chi connectivity index (χ4v) is 1.88. The number of benzene rings is 1. The maximum absolute atomic E-state index is 5.32. The van der Waals surface area contributed by atoms with Crippen LogP contribution in [0.2, 0.25) is 0 Å². The quantitative estimate of drug-likeness (QED) is 0.871. The van der Waals surface area contributed by atoms with Gasteiger partial charge in [0.2, 0.25) is 0 Å². The van der Waals surface area contributed by atoms with E-state index in [0.717, 1.165) is 27.2 Å². The smallest absolute Gasteiger partial charge is 0.148 e. The lowest BCUT2D eigenvalue weighted by molar-refractivity contribution is 0.391. The summed E-state index contributed by atoms with van der Waals surface area (Å²) in [5, 5.41) is 4.01. The van der Waals surface area contributed by atoms with Gasteiger partial charge >= 0.3 is 0 Å². The first kappa shape index (κ1) is 12.0. The molecule has 17 heavy (non-hydrogen) atoms. The Morgan fingerprint density at radius 3 is 2.53 bits per heavy atom. The van der Waals surface area contributed by atoms with Gasteiger partial charge in [0.1, 0.15) is 23.0 Å². The highest BCUT2D eigenvalue weighted by atomic mass is 79.9. The van der Waals surface area contributed by atoms with E-state index in [9.17, 15) is 0 Å². The number of ether oxygens (including phenoxy) is 2. The highest BCUT2D eigenvalue weighted by Gasteiger charge is 2.16. The van der Waals surface area contributed by atoms with Crippen LogP contribution >= 0.6 is 15.9 Å². The molecule has 4 nitrogen and oxygen atoms in total. The number of methoxy groups -OCH3 is 2. The Hall–Kier alpha value is -1.49. The van der Waals surface area contributed by atoms with Crippen LogP contribution in [0, 0.1) is 6.92 Å². The molecule has 0 radical (unpaired) electrons. The van der Waals surface area contributed by atoms with Crippen LogP contribution in [-0.2, 0) is 0 Å². The summed E-state index contributed by atoms with van der Waals surface area (Å²) in [7, 11) is 3.23. The predicted molar refractivity (Wildman–Crippen MR) is 67.5 cm³/mol. The van der Waals surface area contributed by atoms with Gasteiger partial charge in [-0.1, -0.05) is 5.16 Å². The van der Waals surface area contributed by atoms with Crippen molar-refractivity contribution < 1.29 is 14.0 Å². The maximum atomic E-state index is 5.32. The molecule has 0 fully saturated rings. The summed E-state index contributed by atoms with van der Waals surface area (Å²) in [5.41, 5.74) is 1.58. The second-order valence-corrected chi connectivity index (χ2v) is 4.26. The Bertz CT molecular complexity index is 537. The normalized spacial score (nSPS) is 10.4. The molecule has 5 heteroatoms. The molecule has 0 aliphatic heterocycles. The second-order valence-electron chi connectivity index (χ2n) is 3.47. The predicted octanol–water partition coefficient (Wildman–Crippen LogP) is 3.43. The van der Waals surface area contributed by atoms with Gasteiger partial charge in [-0.05, 0) is 35.0 Å². The van der Waals surface area contributed by atoms with Crippen LogP contribution in [0.1, 0.15) is 5.76 Å². The number of rotatable bonds is 3. The van der Waals surface area contributed by atoms with Crippen molar-refractivity contribution in [3.63, 3.8) is 0 Å². The number of aryl methyl sites for hydroxylation is 1. The summed E-state index contributed by atoms with van der Waals surface area (Å²) in [6.07, 6.45) is 0. The molecule has 1 aromatic heterocycles. The topological polar surface area (TPSA) is 44.5 Å². The molecule has 0 aliphatic carbocycles. The zero-order valence-electron chi connectivity index (χ0n) is 9.78. The Labute approximate surface area is 108 Å². The fraction of sp³-hybridized carbons (Fsp3) is 0.250. The summed E-state index contributed by atoms with van der Waals surface area (Å²) < 4.78 is 16.4. The van der Waals surface area contributed by atoms with Gasteiger partial charge in [0.25, 0.3) is 0 Å². The van der Waals surface area contributed by atoms with Crippen molar-refractivity contribution in [2.24, 2.45) is 0 Å². The summed E-state index contributed by atoms with van der Waals surface area (Å²) in [4.78, 5) is 0. The van der Waals surface area contributed by atoms with E-state index in [1.54, 1.807) is 14.2 Å². The van der Waals surface area contributed by atoms with E-state index in [2.05, 4.69) is 21.1 Å². The van der Waals surface area contributed by atoms with Gasteiger partial charge in [0, 0.05) is 11.6 Å². The molecule has 1 heterocycles. The lowest BCUT2D eigenvalue weighted by Gasteiger charge is -2.08. The van der Waals surface area contributed by atoms with Crippen molar-refractivity contribution in [2.75, 3.05) is 14.2 Å². The minimum atomic E-state index is 0.693. The molecule has 0 saturated carbocycles. The van der Waals surface area contributed by atoms with Crippen molar-refractivity contribution in [1.82, 2.24) is 5.16 Å². The monoisotopic (exact) mass is 297 g/mol. The highest BCUT2D eigenvalue weighted by Crippen LogP contribution is 2.37. The van der Waals surface area contributed by atoms with Crippen molar-refractivity contribution in [3.05, 3.63) is 28.4 Å².